The van der Waals surface area contributed by atoms with Gasteiger partial charge in [-0.1, -0.05) is 19.4 Å². The van der Waals surface area contributed by atoms with Crippen molar-refractivity contribution in [2.75, 3.05) is 6.54 Å². The Morgan fingerprint density at radius 1 is 1.46 bits per heavy atom. The molecule has 0 radical (unpaired) electrons. The number of hydrogen-bond donors (Lipinski definition) is 1. The summed E-state index contributed by atoms with van der Waals surface area (Å²) >= 11 is 0. The molecule has 1 N–H and O–H groups in total. The Labute approximate surface area is 81.6 Å². The maximum Gasteiger partial charge on any atom is 0.0269 e. The minimum absolute atomic E-state index is 0.431. The van der Waals surface area contributed by atoms with E-state index in [0.29, 0.717) is 5.54 Å². The molecule has 13 heavy (non-hydrogen) atoms. The van der Waals surface area contributed by atoms with Gasteiger partial charge in [-0.25, -0.2) is 0 Å². The van der Waals surface area contributed by atoms with Crippen LogP contribution in [0.15, 0.2) is 12.7 Å². The summed E-state index contributed by atoms with van der Waals surface area (Å²) in [7, 11) is 0. The highest BCUT2D eigenvalue weighted by Crippen LogP contribution is 2.45. The summed E-state index contributed by atoms with van der Waals surface area (Å²) in [4.78, 5) is 0. The minimum atomic E-state index is 0.431. The van der Waals surface area contributed by atoms with Crippen LogP contribution in [0, 0.1) is 11.8 Å². The zero-order chi connectivity index (χ0) is 9.31. The summed E-state index contributed by atoms with van der Waals surface area (Å²) in [6.07, 6.45) is 8.93. The van der Waals surface area contributed by atoms with Gasteiger partial charge in [-0.3, -0.25) is 0 Å². The molecule has 0 aromatic rings. The molecule has 0 aromatic heterocycles. The Bertz CT molecular complexity index is 199. The van der Waals surface area contributed by atoms with Crippen LogP contribution in [-0.2, 0) is 0 Å². The van der Waals surface area contributed by atoms with E-state index in [9.17, 15) is 0 Å². The average molecular weight is 179 g/mol. The van der Waals surface area contributed by atoms with Crippen molar-refractivity contribution in [1.29, 1.82) is 0 Å². The average Bonchev–Trinajstić information content (AvgIpc) is 2.51. The van der Waals surface area contributed by atoms with Gasteiger partial charge in [-0.15, -0.1) is 6.58 Å². The first-order valence-corrected chi connectivity index (χ1v) is 5.65. The van der Waals surface area contributed by atoms with Gasteiger partial charge in [-0.05, 0) is 44.1 Å². The molecule has 1 saturated carbocycles. The van der Waals surface area contributed by atoms with Crippen LogP contribution in [0.4, 0.5) is 0 Å². The maximum atomic E-state index is 3.90. The first kappa shape index (κ1) is 9.26. The third kappa shape index (κ3) is 1.34. The van der Waals surface area contributed by atoms with Crippen molar-refractivity contribution in [3.8, 4) is 0 Å². The molecule has 0 aromatic carbocycles. The van der Waals surface area contributed by atoms with E-state index in [0.717, 1.165) is 11.8 Å². The van der Waals surface area contributed by atoms with Crippen LogP contribution < -0.4 is 5.32 Å². The summed E-state index contributed by atoms with van der Waals surface area (Å²) in [6.45, 7) is 7.54. The van der Waals surface area contributed by atoms with Gasteiger partial charge in [0, 0.05) is 5.54 Å². The SMILES string of the molecule is C=CC[C@]12NCC[C@H]1CCC[C@@H]2C. The van der Waals surface area contributed by atoms with Gasteiger partial charge in [-0.2, -0.15) is 0 Å². The van der Waals surface area contributed by atoms with Crippen molar-refractivity contribution in [3.63, 3.8) is 0 Å². The summed E-state index contributed by atoms with van der Waals surface area (Å²) in [5.74, 6) is 1.76. The molecule has 74 valence electrons. The van der Waals surface area contributed by atoms with E-state index in [-0.39, 0.29) is 0 Å². The molecule has 2 rings (SSSR count). The standard InChI is InChI=1S/C12H21N/c1-3-8-12-10(2)5-4-6-11(12)7-9-13-12/h3,10-11,13H,1,4-9H2,2H3/t10-,11+,12+/m0/s1. The van der Waals surface area contributed by atoms with E-state index in [1.54, 1.807) is 0 Å². The molecule has 1 aliphatic heterocycles. The Hall–Kier alpha value is -0.300. The first-order valence-electron chi connectivity index (χ1n) is 5.65. The first-order chi connectivity index (χ1) is 6.29. The molecule has 1 heteroatoms. The number of fused-ring (bicyclic) bond motifs is 1. The summed E-state index contributed by atoms with van der Waals surface area (Å²) in [5.41, 5.74) is 0.431. The van der Waals surface area contributed by atoms with E-state index in [4.69, 9.17) is 0 Å². The molecular formula is C12H21N. The van der Waals surface area contributed by atoms with Gasteiger partial charge in [0.2, 0.25) is 0 Å². The van der Waals surface area contributed by atoms with Crippen LogP contribution in [0.5, 0.6) is 0 Å². The van der Waals surface area contributed by atoms with Crippen LogP contribution in [-0.4, -0.2) is 12.1 Å². The smallest absolute Gasteiger partial charge is 0.0269 e. The molecule has 0 spiro atoms. The predicted octanol–water partition coefficient (Wildman–Crippen LogP) is 2.73. The van der Waals surface area contributed by atoms with Gasteiger partial charge in [0.15, 0.2) is 0 Å². The minimum Gasteiger partial charge on any atom is -0.310 e. The highest BCUT2D eigenvalue weighted by Gasteiger charge is 2.47. The number of rotatable bonds is 2. The third-order valence-corrected chi connectivity index (χ3v) is 4.23. The molecule has 1 aliphatic carbocycles. The van der Waals surface area contributed by atoms with Crippen molar-refractivity contribution in [3.05, 3.63) is 12.7 Å². The molecule has 0 unspecified atom stereocenters. The Morgan fingerprint density at radius 2 is 2.31 bits per heavy atom. The lowest BCUT2D eigenvalue weighted by Gasteiger charge is -2.44. The van der Waals surface area contributed by atoms with Gasteiger partial charge < -0.3 is 5.32 Å². The van der Waals surface area contributed by atoms with Crippen molar-refractivity contribution in [2.24, 2.45) is 11.8 Å². The third-order valence-electron chi connectivity index (χ3n) is 4.23. The van der Waals surface area contributed by atoms with Crippen LogP contribution in [0.2, 0.25) is 0 Å². The molecule has 2 fully saturated rings. The van der Waals surface area contributed by atoms with Crippen molar-refractivity contribution >= 4 is 0 Å². The number of nitrogens with one attached hydrogen (secondary N) is 1. The monoisotopic (exact) mass is 179 g/mol. The Kier molecular flexibility index (Phi) is 2.46. The molecule has 0 bridgehead atoms. The molecular weight excluding hydrogens is 158 g/mol. The van der Waals surface area contributed by atoms with E-state index in [1.807, 2.05) is 0 Å². The largest absolute Gasteiger partial charge is 0.310 e. The molecule has 1 nitrogen and oxygen atoms in total. The van der Waals surface area contributed by atoms with Crippen LogP contribution >= 0.6 is 0 Å². The highest BCUT2D eigenvalue weighted by atomic mass is 15.0. The van der Waals surface area contributed by atoms with Crippen molar-refractivity contribution in [1.82, 2.24) is 5.32 Å². The second kappa shape index (κ2) is 3.45. The zero-order valence-corrected chi connectivity index (χ0v) is 8.68. The lowest BCUT2D eigenvalue weighted by molar-refractivity contribution is 0.127. The molecule has 1 saturated heterocycles. The number of hydrogen-bond acceptors (Lipinski definition) is 1. The quantitative estimate of drug-likeness (QED) is 0.643. The zero-order valence-electron chi connectivity index (χ0n) is 8.68. The fourth-order valence-corrected chi connectivity index (χ4v) is 3.47. The lowest BCUT2D eigenvalue weighted by atomic mass is 9.66. The van der Waals surface area contributed by atoms with Crippen LogP contribution in [0.3, 0.4) is 0 Å². The summed E-state index contributed by atoms with van der Waals surface area (Å²) < 4.78 is 0. The molecule has 3 atom stereocenters. The Balaban J connectivity index is 2.20. The van der Waals surface area contributed by atoms with Crippen molar-refractivity contribution in [2.45, 2.75) is 44.6 Å². The van der Waals surface area contributed by atoms with Gasteiger partial charge >= 0.3 is 0 Å². The van der Waals surface area contributed by atoms with Gasteiger partial charge in [0.25, 0.3) is 0 Å². The molecule has 0 amide bonds. The summed E-state index contributed by atoms with van der Waals surface area (Å²) in [5, 5.41) is 3.75. The van der Waals surface area contributed by atoms with E-state index >= 15 is 0 Å². The van der Waals surface area contributed by atoms with E-state index in [1.165, 1.54) is 38.6 Å². The van der Waals surface area contributed by atoms with Crippen LogP contribution in [0.25, 0.3) is 0 Å². The van der Waals surface area contributed by atoms with E-state index < -0.39 is 0 Å². The second-order valence-corrected chi connectivity index (χ2v) is 4.78. The summed E-state index contributed by atoms with van der Waals surface area (Å²) in [6, 6.07) is 0. The highest BCUT2D eigenvalue weighted by molar-refractivity contribution is 5.07. The fraction of sp³-hybridized carbons (Fsp3) is 0.833. The Morgan fingerprint density at radius 3 is 3.08 bits per heavy atom. The molecule has 1 heterocycles. The normalized spacial score (nSPS) is 44.4. The predicted molar refractivity (Wildman–Crippen MR) is 56.7 cm³/mol. The molecule has 2 aliphatic rings. The lowest BCUT2D eigenvalue weighted by Crippen LogP contribution is -2.52. The van der Waals surface area contributed by atoms with Gasteiger partial charge in [0.1, 0.15) is 0 Å². The second-order valence-electron chi connectivity index (χ2n) is 4.78. The van der Waals surface area contributed by atoms with Crippen molar-refractivity contribution < 1.29 is 0 Å². The van der Waals surface area contributed by atoms with Crippen LogP contribution in [0.1, 0.15) is 39.0 Å². The fourth-order valence-electron chi connectivity index (χ4n) is 3.47. The van der Waals surface area contributed by atoms with Gasteiger partial charge in [0.05, 0.1) is 0 Å². The topological polar surface area (TPSA) is 12.0 Å². The van der Waals surface area contributed by atoms with E-state index in [2.05, 4.69) is 24.9 Å². The maximum absolute atomic E-state index is 3.90.